The van der Waals surface area contributed by atoms with Crippen molar-refractivity contribution in [1.29, 1.82) is 0 Å². The number of hydrogen-bond acceptors (Lipinski definition) is 4. The number of hydrogen-bond donors (Lipinski definition) is 0. The molecule has 2 aromatic heterocycles. The van der Waals surface area contributed by atoms with Gasteiger partial charge in [0.1, 0.15) is 12.7 Å². The summed E-state index contributed by atoms with van der Waals surface area (Å²) in [6, 6.07) is 15.7. The third-order valence-corrected chi connectivity index (χ3v) is 7.07. The van der Waals surface area contributed by atoms with Crippen molar-refractivity contribution in [1.82, 2.24) is 29.4 Å². The van der Waals surface area contributed by atoms with Crippen LogP contribution in [0, 0.1) is 0 Å². The molecular weight excluding hydrogens is 436 g/mol. The lowest BCUT2D eigenvalue weighted by Crippen LogP contribution is -2.49. The lowest BCUT2D eigenvalue weighted by Gasteiger charge is -2.45. The Labute approximate surface area is 196 Å². The van der Waals surface area contributed by atoms with Crippen molar-refractivity contribution < 1.29 is 4.79 Å². The summed E-state index contributed by atoms with van der Waals surface area (Å²) < 4.78 is 3.77. The van der Waals surface area contributed by atoms with E-state index in [1.807, 2.05) is 58.8 Å². The van der Waals surface area contributed by atoms with Crippen LogP contribution in [0.1, 0.15) is 46.9 Å². The minimum atomic E-state index is -0.00309. The van der Waals surface area contributed by atoms with Crippen LogP contribution >= 0.6 is 11.6 Å². The zero-order valence-electron chi connectivity index (χ0n) is 18.2. The molecule has 0 spiro atoms. The molecule has 33 heavy (non-hydrogen) atoms. The van der Waals surface area contributed by atoms with Crippen LogP contribution in [0.3, 0.4) is 0 Å². The van der Waals surface area contributed by atoms with E-state index in [1.165, 1.54) is 5.56 Å². The number of fused-ring (bicyclic) bond motifs is 4. The monoisotopic (exact) mass is 458 g/mol. The summed E-state index contributed by atoms with van der Waals surface area (Å²) in [6.45, 7) is 0. The minimum Gasteiger partial charge on any atom is -0.327 e. The molecule has 1 fully saturated rings. The molecule has 8 heteroatoms. The summed E-state index contributed by atoms with van der Waals surface area (Å²) in [7, 11) is 1.98. The van der Waals surface area contributed by atoms with Gasteiger partial charge in [0.25, 0.3) is 5.91 Å². The third kappa shape index (κ3) is 3.35. The van der Waals surface area contributed by atoms with Gasteiger partial charge in [0, 0.05) is 40.5 Å². The van der Waals surface area contributed by atoms with Crippen molar-refractivity contribution in [2.45, 2.75) is 37.8 Å². The standard InChI is InChI=1S/C25H23ClN6O/c1-30-24(17-4-2-5-18(26)12-17)21-13-20-6-3-7-22(23(21)29-30)32(20)25(33)16-8-10-19(11-9-16)31-14-27-28-15-31/h2,4-5,8-12,14-15,20,22H,3,6-7,13H2,1H3/t20-,22+/m0/s1. The van der Waals surface area contributed by atoms with E-state index >= 15 is 0 Å². The van der Waals surface area contributed by atoms with E-state index in [0.717, 1.165) is 48.3 Å². The van der Waals surface area contributed by atoms with Crippen molar-refractivity contribution in [2.75, 3.05) is 0 Å². The fourth-order valence-corrected chi connectivity index (χ4v) is 5.60. The topological polar surface area (TPSA) is 68.8 Å². The lowest BCUT2D eigenvalue weighted by molar-refractivity contribution is 0.0392. The number of aryl methyl sites for hydroxylation is 1. The number of nitrogens with zero attached hydrogens (tertiary/aromatic N) is 6. The largest absolute Gasteiger partial charge is 0.327 e. The van der Waals surface area contributed by atoms with Gasteiger partial charge in [-0.1, -0.05) is 23.7 Å². The molecule has 1 saturated heterocycles. The Bertz CT molecular complexity index is 1330. The molecule has 6 rings (SSSR count). The second-order valence-corrected chi connectivity index (χ2v) is 9.22. The zero-order chi connectivity index (χ0) is 22.5. The van der Waals surface area contributed by atoms with Gasteiger partial charge in [0.05, 0.1) is 17.4 Å². The normalized spacial score (nSPS) is 19.4. The summed E-state index contributed by atoms with van der Waals surface area (Å²) in [6.07, 6.45) is 7.14. The highest BCUT2D eigenvalue weighted by atomic mass is 35.5. The molecule has 2 bridgehead atoms. The highest BCUT2D eigenvalue weighted by molar-refractivity contribution is 6.30. The highest BCUT2D eigenvalue weighted by Crippen LogP contribution is 2.45. The number of rotatable bonds is 3. The van der Waals surface area contributed by atoms with E-state index in [2.05, 4.69) is 21.2 Å². The Balaban J connectivity index is 1.36. The number of piperidine rings is 1. The van der Waals surface area contributed by atoms with Gasteiger partial charge >= 0.3 is 0 Å². The van der Waals surface area contributed by atoms with E-state index in [-0.39, 0.29) is 18.0 Å². The molecular formula is C25H23ClN6O. The molecule has 0 N–H and O–H groups in total. The maximum Gasteiger partial charge on any atom is 0.254 e. The van der Waals surface area contributed by atoms with Gasteiger partial charge in [-0.2, -0.15) is 5.10 Å². The first-order chi connectivity index (χ1) is 16.1. The van der Waals surface area contributed by atoms with Crippen molar-refractivity contribution in [3.05, 3.63) is 83.0 Å². The molecule has 0 aliphatic carbocycles. The number of carbonyl (C=O) groups is 1. The molecule has 7 nitrogen and oxygen atoms in total. The zero-order valence-corrected chi connectivity index (χ0v) is 19.0. The molecule has 2 atom stereocenters. The highest BCUT2D eigenvalue weighted by Gasteiger charge is 2.43. The van der Waals surface area contributed by atoms with Crippen LogP contribution in [0.15, 0.2) is 61.2 Å². The van der Waals surface area contributed by atoms with Crippen LogP contribution in [0.5, 0.6) is 0 Å². The van der Waals surface area contributed by atoms with Crippen molar-refractivity contribution in [3.8, 4) is 16.9 Å². The molecule has 4 heterocycles. The van der Waals surface area contributed by atoms with Gasteiger partial charge in [-0.05, 0) is 62.1 Å². The average Bonchev–Trinajstić information content (AvgIpc) is 3.46. The van der Waals surface area contributed by atoms with Crippen molar-refractivity contribution >= 4 is 17.5 Å². The second-order valence-electron chi connectivity index (χ2n) is 8.78. The molecule has 166 valence electrons. The predicted molar refractivity (Wildman–Crippen MR) is 125 cm³/mol. The first-order valence-corrected chi connectivity index (χ1v) is 11.6. The summed E-state index contributed by atoms with van der Waals surface area (Å²) in [5, 5.41) is 13.3. The molecule has 2 aliphatic heterocycles. The molecule has 0 radical (unpaired) electrons. The van der Waals surface area contributed by atoms with E-state index in [9.17, 15) is 4.79 Å². The van der Waals surface area contributed by atoms with Crippen molar-refractivity contribution in [2.24, 2.45) is 7.05 Å². The number of halogens is 1. The quantitative estimate of drug-likeness (QED) is 0.449. The summed E-state index contributed by atoms with van der Waals surface area (Å²) in [4.78, 5) is 15.7. The average molecular weight is 459 g/mol. The Morgan fingerprint density at radius 3 is 2.61 bits per heavy atom. The van der Waals surface area contributed by atoms with Gasteiger partial charge in [-0.3, -0.25) is 14.0 Å². The van der Waals surface area contributed by atoms with Crippen LogP contribution in [0.2, 0.25) is 5.02 Å². The molecule has 0 saturated carbocycles. The number of carbonyl (C=O) groups excluding carboxylic acids is 1. The van der Waals surface area contributed by atoms with E-state index in [4.69, 9.17) is 16.7 Å². The van der Waals surface area contributed by atoms with Gasteiger partial charge in [0.15, 0.2) is 0 Å². The number of aromatic nitrogens is 5. The van der Waals surface area contributed by atoms with Crippen LogP contribution in [-0.2, 0) is 13.5 Å². The van der Waals surface area contributed by atoms with Crippen LogP contribution in [0.4, 0.5) is 0 Å². The number of benzene rings is 2. The van der Waals surface area contributed by atoms with E-state index < -0.39 is 0 Å². The van der Waals surface area contributed by atoms with Gasteiger partial charge < -0.3 is 4.90 Å². The lowest BCUT2D eigenvalue weighted by atomic mass is 9.81. The van der Waals surface area contributed by atoms with Gasteiger partial charge in [0.2, 0.25) is 0 Å². The van der Waals surface area contributed by atoms with Crippen molar-refractivity contribution in [3.63, 3.8) is 0 Å². The Hall–Kier alpha value is -3.45. The molecule has 1 amide bonds. The Kier molecular flexibility index (Phi) is 4.80. The minimum absolute atomic E-state index is 0.00309. The summed E-state index contributed by atoms with van der Waals surface area (Å²) in [5.74, 6) is 0.0700. The van der Waals surface area contributed by atoms with Gasteiger partial charge in [-0.25, -0.2) is 0 Å². The fourth-order valence-electron chi connectivity index (χ4n) is 5.41. The van der Waals surface area contributed by atoms with E-state index in [1.54, 1.807) is 12.7 Å². The van der Waals surface area contributed by atoms with Crippen LogP contribution in [0.25, 0.3) is 16.9 Å². The SMILES string of the molecule is Cn1nc2c(c1-c1cccc(Cl)c1)C[C@@H]1CCC[C@H]2N1C(=O)c1ccc(-n2cnnc2)cc1. The van der Waals surface area contributed by atoms with Crippen LogP contribution < -0.4 is 0 Å². The number of amides is 1. The van der Waals surface area contributed by atoms with Crippen LogP contribution in [-0.4, -0.2) is 41.4 Å². The second kappa shape index (κ2) is 7.85. The predicted octanol–water partition coefficient (Wildman–Crippen LogP) is 4.61. The first kappa shape index (κ1) is 20.2. The van der Waals surface area contributed by atoms with Gasteiger partial charge in [-0.15, -0.1) is 10.2 Å². The molecule has 2 aromatic carbocycles. The maximum atomic E-state index is 13.7. The Morgan fingerprint density at radius 1 is 1.06 bits per heavy atom. The maximum absolute atomic E-state index is 13.7. The van der Waals surface area contributed by atoms with E-state index in [0.29, 0.717) is 10.6 Å². The first-order valence-electron chi connectivity index (χ1n) is 11.2. The fraction of sp³-hybridized carbons (Fsp3) is 0.280. The summed E-state index contributed by atoms with van der Waals surface area (Å²) in [5.41, 5.74) is 6.07. The Morgan fingerprint density at radius 2 is 1.85 bits per heavy atom. The molecule has 4 aromatic rings. The smallest absolute Gasteiger partial charge is 0.254 e. The molecule has 0 unspecified atom stereocenters. The molecule has 2 aliphatic rings. The summed E-state index contributed by atoms with van der Waals surface area (Å²) >= 11 is 6.28. The third-order valence-electron chi connectivity index (χ3n) is 6.84.